The van der Waals surface area contributed by atoms with Crippen molar-refractivity contribution in [3.8, 4) is 0 Å². The molecule has 3 heterocycles. The molecule has 3 fully saturated rings. The minimum Gasteiger partial charge on any atom is -0.444 e. The van der Waals surface area contributed by atoms with E-state index < -0.39 is 20.3 Å². The van der Waals surface area contributed by atoms with Crippen molar-refractivity contribution >= 4 is 27.5 Å². The van der Waals surface area contributed by atoms with E-state index in [4.69, 9.17) is 16.3 Å². The summed E-state index contributed by atoms with van der Waals surface area (Å²) in [5.41, 5.74) is -0.553. The summed E-state index contributed by atoms with van der Waals surface area (Å²) < 4.78 is 32.4. The summed E-state index contributed by atoms with van der Waals surface area (Å²) in [4.78, 5) is 15.8. The fourth-order valence-electron chi connectivity index (χ4n) is 5.15. The molecular weight excluding hydrogens is 400 g/mol. The number of ether oxygens (including phenoxy) is 1. The van der Waals surface area contributed by atoms with E-state index in [0.717, 1.165) is 6.42 Å². The third kappa shape index (κ3) is 2.94. The maximum atomic E-state index is 13.5. The maximum absolute atomic E-state index is 13.5. The number of benzene rings is 1. The molecule has 3 saturated heterocycles. The van der Waals surface area contributed by atoms with Crippen molar-refractivity contribution in [1.82, 2.24) is 9.80 Å². The van der Waals surface area contributed by atoms with Crippen LogP contribution in [0.15, 0.2) is 29.2 Å². The van der Waals surface area contributed by atoms with Crippen molar-refractivity contribution in [3.05, 3.63) is 29.3 Å². The van der Waals surface area contributed by atoms with Gasteiger partial charge in [0, 0.05) is 30.7 Å². The summed E-state index contributed by atoms with van der Waals surface area (Å²) in [6, 6.07) is 6.62. The third-order valence-corrected chi connectivity index (χ3v) is 9.10. The molecule has 28 heavy (non-hydrogen) atoms. The highest BCUT2D eigenvalue weighted by atomic mass is 35.5. The SMILES string of the molecule is CN(C(=O)OC(C)(C)C)C1CC2CC3(S(=O)(=O)c4ccc(Cl)cc4)CC1CN23. The minimum absolute atomic E-state index is 0.000827. The Kier molecular flexibility index (Phi) is 4.53. The molecular formula is C20H27ClN2O4S. The van der Waals surface area contributed by atoms with Gasteiger partial charge in [0.1, 0.15) is 10.5 Å². The Morgan fingerprint density at radius 3 is 2.50 bits per heavy atom. The number of halogens is 1. The molecule has 3 aliphatic rings. The number of rotatable bonds is 3. The minimum atomic E-state index is -3.51. The van der Waals surface area contributed by atoms with Crippen molar-refractivity contribution in [1.29, 1.82) is 0 Å². The average molecular weight is 427 g/mol. The van der Waals surface area contributed by atoms with E-state index in [0.29, 0.717) is 29.3 Å². The van der Waals surface area contributed by atoms with Crippen LogP contribution in [-0.4, -0.2) is 60.5 Å². The summed E-state index contributed by atoms with van der Waals surface area (Å²) >= 11 is 5.93. The highest BCUT2D eigenvalue weighted by molar-refractivity contribution is 7.92. The number of carbonyl (C=O) groups excluding carboxylic acids is 1. The van der Waals surface area contributed by atoms with Crippen LogP contribution in [-0.2, 0) is 14.6 Å². The second kappa shape index (κ2) is 6.34. The molecule has 1 aromatic carbocycles. The van der Waals surface area contributed by atoms with Crippen LogP contribution >= 0.6 is 11.6 Å². The number of fused-ring (bicyclic) bond motifs is 1. The Hall–Kier alpha value is -1.31. The summed E-state index contributed by atoms with van der Waals surface area (Å²) in [5.74, 6) is 0.123. The Labute approximate surface area is 171 Å². The molecule has 4 unspecified atom stereocenters. The fourth-order valence-corrected chi connectivity index (χ4v) is 7.59. The van der Waals surface area contributed by atoms with Gasteiger partial charge in [0.05, 0.1) is 4.90 Å². The van der Waals surface area contributed by atoms with Crippen LogP contribution < -0.4 is 0 Å². The lowest BCUT2D eigenvalue weighted by molar-refractivity contribution is -0.0262. The van der Waals surface area contributed by atoms with Crippen molar-refractivity contribution in [2.24, 2.45) is 5.92 Å². The van der Waals surface area contributed by atoms with E-state index in [1.165, 1.54) is 0 Å². The number of sulfone groups is 1. The lowest BCUT2D eigenvalue weighted by Gasteiger charge is -2.55. The standard InChI is InChI=1S/C20H27ClN2O4S/c1-19(2,3)27-18(24)22(4)17-9-15-11-20(10-13(17)12-23(15)20)28(25,26)16-7-5-14(21)6-8-16/h5-8,13,15,17H,9-12H2,1-4H3. The van der Waals surface area contributed by atoms with Gasteiger partial charge in [-0.25, -0.2) is 13.2 Å². The van der Waals surface area contributed by atoms with Crippen molar-refractivity contribution in [2.75, 3.05) is 13.6 Å². The van der Waals surface area contributed by atoms with Crippen molar-refractivity contribution in [3.63, 3.8) is 0 Å². The molecule has 0 N–H and O–H groups in total. The summed E-state index contributed by atoms with van der Waals surface area (Å²) in [6.07, 6.45) is 1.61. The summed E-state index contributed by atoms with van der Waals surface area (Å²) in [5, 5.41) is 0.521. The van der Waals surface area contributed by atoms with Crippen LogP contribution in [0.4, 0.5) is 4.79 Å². The quantitative estimate of drug-likeness (QED) is 0.739. The van der Waals surface area contributed by atoms with Gasteiger partial charge in [0.15, 0.2) is 9.84 Å². The van der Waals surface area contributed by atoms with E-state index in [1.807, 2.05) is 20.8 Å². The van der Waals surface area contributed by atoms with Crippen molar-refractivity contribution in [2.45, 2.75) is 67.5 Å². The molecule has 0 saturated carbocycles. The second-order valence-corrected chi connectivity index (χ2v) is 11.9. The second-order valence-electron chi connectivity index (χ2n) is 9.27. The highest BCUT2D eigenvalue weighted by Crippen LogP contribution is 2.58. The molecule has 0 spiro atoms. The molecule has 154 valence electrons. The van der Waals surface area contributed by atoms with E-state index >= 15 is 0 Å². The van der Waals surface area contributed by atoms with Gasteiger partial charge in [0.25, 0.3) is 0 Å². The van der Waals surface area contributed by atoms with Gasteiger partial charge < -0.3 is 9.64 Å². The highest BCUT2D eigenvalue weighted by Gasteiger charge is 2.69. The van der Waals surface area contributed by atoms with Crippen LogP contribution in [0.25, 0.3) is 0 Å². The van der Waals surface area contributed by atoms with Gasteiger partial charge in [-0.1, -0.05) is 11.6 Å². The number of amides is 1. The number of carbonyl (C=O) groups is 1. The molecule has 4 atom stereocenters. The zero-order valence-corrected chi connectivity index (χ0v) is 18.3. The van der Waals surface area contributed by atoms with Crippen LogP contribution in [0.2, 0.25) is 5.02 Å². The van der Waals surface area contributed by atoms with Gasteiger partial charge in [-0.05, 0) is 70.2 Å². The zero-order valence-electron chi connectivity index (χ0n) is 16.7. The molecule has 6 nitrogen and oxygen atoms in total. The summed E-state index contributed by atoms with van der Waals surface area (Å²) in [7, 11) is -1.74. The van der Waals surface area contributed by atoms with E-state index in [2.05, 4.69) is 4.90 Å². The summed E-state index contributed by atoms with van der Waals surface area (Å²) in [6.45, 7) is 6.25. The molecule has 8 heteroatoms. The first kappa shape index (κ1) is 20.0. The third-order valence-electron chi connectivity index (χ3n) is 6.39. The molecule has 2 bridgehead atoms. The number of hydrogen-bond donors (Lipinski definition) is 0. The topological polar surface area (TPSA) is 66.9 Å². The Bertz CT molecular complexity index is 896. The van der Waals surface area contributed by atoms with Gasteiger partial charge in [-0.15, -0.1) is 0 Å². The molecule has 0 aliphatic carbocycles. The Morgan fingerprint density at radius 2 is 1.89 bits per heavy atom. The van der Waals surface area contributed by atoms with Crippen LogP contribution in [0, 0.1) is 5.92 Å². The van der Waals surface area contributed by atoms with Gasteiger partial charge >= 0.3 is 6.09 Å². The van der Waals surface area contributed by atoms with E-state index in [-0.39, 0.29) is 24.1 Å². The first-order valence-electron chi connectivity index (χ1n) is 9.67. The van der Waals surface area contributed by atoms with E-state index in [1.54, 1.807) is 36.2 Å². The molecule has 1 aromatic rings. The first-order valence-corrected chi connectivity index (χ1v) is 11.5. The maximum Gasteiger partial charge on any atom is 0.410 e. The lowest BCUT2D eigenvalue weighted by Crippen LogP contribution is -2.67. The monoisotopic (exact) mass is 426 g/mol. The number of nitrogens with zero attached hydrogens (tertiary/aromatic N) is 2. The fraction of sp³-hybridized carbons (Fsp3) is 0.650. The van der Waals surface area contributed by atoms with Crippen LogP contribution in [0.3, 0.4) is 0 Å². The van der Waals surface area contributed by atoms with Crippen molar-refractivity contribution < 1.29 is 17.9 Å². The van der Waals surface area contributed by atoms with Crippen LogP contribution in [0.5, 0.6) is 0 Å². The molecule has 3 aliphatic heterocycles. The van der Waals surface area contributed by atoms with Crippen LogP contribution in [0.1, 0.15) is 40.0 Å². The smallest absolute Gasteiger partial charge is 0.410 e. The Balaban J connectivity index is 1.57. The Morgan fingerprint density at radius 1 is 1.25 bits per heavy atom. The largest absolute Gasteiger partial charge is 0.444 e. The number of hydrogen-bond acceptors (Lipinski definition) is 5. The molecule has 0 radical (unpaired) electrons. The zero-order chi connectivity index (χ0) is 20.5. The van der Waals surface area contributed by atoms with Gasteiger partial charge in [-0.3, -0.25) is 4.90 Å². The molecule has 0 aromatic heterocycles. The predicted octanol–water partition coefficient (Wildman–Crippen LogP) is 3.54. The van der Waals surface area contributed by atoms with E-state index in [9.17, 15) is 13.2 Å². The van der Waals surface area contributed by atoms with Gasteiger partial charge in [-0.2, -0.15) is 0 Å². The predicted molar refractivity (Wildman–Crippen MR) is 107 cm³/mol. The average Bonchev–Trinajstić information content (AvgIpc) is 2.72. The molecule has 4 rings (SSSR count). The normalized spacial score (nSPS) is 32.0. The lowest BCUT2D eigenvalue weighted by atomic mass is 9.88. The van der Waals surface area contributed by atoms with Gasteiger partial charge in [0.2, 0.25) is 0 Å². The molecule has 1 amide bonds. The number of piperidine rings is 1. The first-order chi connectivity index (χ1) is 12.9.